The molecule has 0 unspecified atom stereocenters. The first kappa shape index (κ1) is 22.6. The molecule has 2 aromatic heterocycles. The van der Waals surface area contributed by atoms with E-state index in [0.29, 0.717) is 21.4 Å². The molecule has 2 heterocycles. The number of hydrogen-bond donors (Lipinski definition) is 1. The summed E-state index contributed by atoms with van der Waals surface area (Å²) < 4.78 is 17.1. The third-order valence-corrected chi connectivity index (χ3v) is 5.53. The Balaban J connectivity index is 1.73. The van der Waals surface area contributed by atoms with Gasteiger partial charge in [-0.25, -0.2) is 9.59 Å². The van der Waals surface area contributed by atoms with Gasteiger partial charge in [0.2, 0.25) is 5.91 Å². The molecule has 0 aliphatic heterocycles. The first-order chi connectivity index (χ1) is 14.8. The van der Waals surface area contributed by atoms with Crippen LogP contribution in [0.5, 0.6) is 0 Å². The predicted octanol–water partition coefficient (Wildman–Crippen LogP) is 3.14. The number of carbonyl (C=O) groups is 3. The fourth-order valence-electron chi connectivity index (χ4n) is 2.59. The minimum absolute atomic E-state index is 0.0170. The van der Waals surface area contributed by atoms with Crippen molar-refractivity contribution in [1.29, 1.82) is 0 Å². The normalized spacial score (nSPS) is 10.6. The van der Waals surface area contributed by atoms with Crippen molar-refractivity contribution in [2.24, 2.45) is 7.05 Å². The zero-order chi connectivity index (χ0) is 22.5. The minimum Gasteiger partial charge on any atom is -0.465 e. The van der Waals surface area contributed by atoms with Crippen LogP contribution in [0.3, 0.4) is 0 Å². The molecule has 0 atom stereocenters. The van der Waals surface area contributed by atoms with Crippen LogP contribution < -0.4 is 5.32 Å². The predicted molar refractivity (Wildman–Crippen MR) is 115 cm³/mol. The molecule has 1 N–H and O–H groups in total. The Bertz CT molecular complexity index is 1140. The summed E-state index contributed by atoms with van der Waals surface area (Å²) in [7, 11) is 4.21. The zero-order valence-corrected chi connectivity index (χ0v) is 19.1. The van der Waals surface area contributed by atoms with Crippen LogP contribution in [0, 0.1) is 0 Å². The molecule has 0 spiro atoms. The Hall–Kier alpha value is -3.12. The molecule has 31 heavy (non-hydrogen) atoms. The molecular weight excluding hydrogens is 492 g/mol. The van der Waals surface area contributed by atoms with E-state index in [1.165, 1.54) is 32.4 Å². The largest absolute Gasteiger partial charge is 0.465 e. The Morgan fingerprint density at radius 1 is 1.13 bits per heavy atom. The summed E-state index contributed by atoms with van der Waals surface area (Å²) in [5.74, 6) is -0.647. The number of nitrogens with zero attached hydrogens (tertiary/aromatic N) is 3. The van der Waals surface area contributed by atoms with Crippen LogP contribution in [-0.4, -0.2) is 52.6 Å². The second kappa shape index (κ2) is 9.79. The van der Waals surface area contributed by atoms with Gasteiger partial charge in [-0.15, -0.1) is 10.2 Å². The number of anilines is 1. The lowest BCUT2D eigenvalue weighted by Crippen LogP contribution is -2.18. The van der Waals surface area contributed by atoms with E-state index < -0.39 is 17.8 Å². The summed E-state index contributed by atoms with van der Waals surface area (Å²) in [6.07, 6.45) is 0. The molecule has 10 nitrogen and oxygen atoms in total. The molecule has 0 aliphatic rings. The van der Waals surface area contributed by atoms with Crippen molar-refractivity contribution in [2.75, 3.05) is 25.3 Å². The van der Waals surface area contributed by atoms with E-state index in [1.807, 2.05) is 0 Å². The first-order valence-corrected chi connectivity index (χ1v) is 10.5. The van der Waals surface area contributed by atoms with Crippen molar-refractivity contribution in [1.82, 2.24) is 14.8 Å². The molecule has 3 rings (SSSR count). The van der Waals surface area contributed by atoms with Gasteiger partial charge >= 0.3 is 11.9 Å². The molecule has 1 amide bonds. The van der Waals surface area contributed by atoms with Gasteiger partial charge in [0, 0.05) is 7.05 Å². The Kier molecular flexibility index (Phi) is 7.13. The standard InChI is InChI=1S/C19H17BrN4O6S/c1-24-16(13-6-7-14(20)30-13)22-23-19(24)31-9-15(25)21-12-8-10(17(26)28-2)4-5-11(12)18(27)29-3/h4-8H,9H2,1-3H3,(H,21,25). The lowest BCUT2D eigenvalue weighted by molar-refractivity contribution is -0.113. The third-order valence-electron chi connectivity index (χ3n) is 4.08. The van der Waals surface area contributed by atoms with Gasteiger partial charge in [0.15, 0.2) is 21.4 Å². The third kappa shape index (κ3) is 5.14. The van der Waals surface area contributed by atoms with Crippen LogP contribution in [0.15, 0.2) is 44.6 Å². The van der Waals surface area contributed by atoms with Crippen molar-refractivity contribution in [3.05, 3.63) is 46.1 Å². The Morgan fingerprint density at radius 3 is 2.52 bits per heavy atom. The molecule has 0 saturated carbocycles. The topological polar surface area (TPSA) is 126 Å². The van der Waals surface area contributed by atoms with E-state index in [-0.39, 0.29) is 22.6 Å². The number of rotatable bonds is 7. The highest BCUT2D eigenvalue weighted by molar-refractivity contribution is 9.10. The number of amides is 1. The monoisotopic (exact) mass is 508 g/mol. The van der Waals surface area contributed by atoms with Gasteiger partial charge < -0.3 is 23.8 Å². The van der Waals surface area contributed by atoms with E-state index in [9.17, 15) is 14.4 Å². The van der Waals surface area contributed by atoms with E-state index in [4.69, 9.17) is 9.15 Å². The number of ether oxygens (including phenoxy) is 2. The van der Waals surface area contributed by atoms with E-state index in [2.05, 4.69) is 36.2 Å². The quantitative estimate of drug-likeness (QED) is 0.378. The molecule has 0 bridgehead atoms. The maximum absolute atomic E-state index is 12.5. The summed E-state index contributed by atoms with van der Waals surface area (Å²) >= 11 is 4.39. The number of carbonyl (C=O) groups excluding carboxylic acids is 3. The first-order valence-electron chi connectivity index (χ1n) is 8.72. The Morgan fingerprint density at radius 2 is 1.87 bits per heavy atom. The van der Waals surface area contributed by atoms with Gasteiger partial charge in [0.25, 0.3) is 0 Å². The van der Waals surface area contributed by atoms with Crippen molar-refractivity contribution < 1.29 is 28.3 Å². The van der Waals surface area contributed by atoms with Crippen molar-refractivity contribution in [2.45, 2.75) is 5.16 Å². The number of nitrogens with one attached hydrogen (secondary N) is 1. The molecular formula is C19H17BrN4O6S. The number of aromatic nitrogens is 3. The average molecular weight is 509 g/mol. The molecule has 0 fully saturated rings. The number of esters is 2. The number of hydrogen-bond acceptors (Lipinski definition) is 9. The van der Waals surface area contributed by atoms with Crippen molar-refractivity contribution in [3.8, 4) is 11.6 Å². The summed E-state index contributed by atoms with van der Waals surface area (Å²) in [6, 6.07) is 7.65. The van der Waals surface area contributed by atoms with E-state index >= 15 is 0 Å². The van der Waals surface area contributed by atoms with Crippen LogP contribution in [0.2, 0.25) is 0 Å². The highest BCUT2D eigenvalue weighted by Gasteiger charge is 2.19. The molecule has 12 heteroatoms. The lowest BCUT2D eigenvalue weighted by Gasteiger charge is -2.11. The van der Waals surface area contributed by atoms with Crippen molar-refractivity contribution in [3.63, 3.8) is 0 Å². The smallest absolute Gasteiger partial charge is 0.339 e. The van der Waals surface area contributed by atoms with Crippen LogP contribution in [0.25, 0.3) is 11.6 Å². The second-order valence-electron chi connectivity index (χ2n) is 6.05. The number of methoxy groups -OCH3 is 2. The molecule has 1 aromatic carbocycles. The molecule has 3 aromatic rings. The van der Waals surface area contributed by atoms with Crippen LogP contribution in [0.1, 0.15) is 20.7 Å². The SMILES string of the molecule is COC(=O)c1ccc(C(=O)OC)c(NC(=O)CSc2nnc(-c3ccc(Br)o3)n2C)c1. The summed E-state index contributed by atoms with van der Waals surface area (Å²) in [5, 5.41) is 11.3. The molecule has 0 saturated heterocycles. The zero-order valence-electron chi connectivity index (χ0n) is 16.7. The average Bonchev–Trinajstić information content (AvgIpc) is 3.36. The number of benzene rings is 1. The van der Waals surface area contributed by atoms with Gasteiger partial charge in [0.1, 0.15) is 0 Å². The van der Waals surface area contributed by atoms with Gasteiger partial charge in [-0.2, -0.15) is 0 Å². The summed E-state index contributed by atoms with van der Waals surface area (Å²) in [5.41, 5.74) is 0.429. The molecule has 162 valence electrons. The van der Waals surface area contributed by atoms with E-state index in [0.717, 1.165) is 11.8 Å². The maximum Gasteiger partial charge on any atom is 0.339 e. The van der Waals surface area contributed by atoms with E-state index in [1.54, 1.807) is 23.7 Å². The van der Waals surface area contributed by atoms with Crippen molar-refractivity contribution >= 4 is 51.2 Å². The van der Waals surface area contributed by atoms with Gasteiger partial charge in [-0.1, -0.05) is 11.8 Å². The fourth-order valence-corrected chi connectivity index (χ4v) is 3.60. The number of furan rings is 1. The molecule has 0 radical (unpaired) electrons. The number of halogens is 1. The lowest BCUT2D eigenvalue weighted by atomic mass is 10.1. The second-order valence-corrected chi connectivity index (χ2v) is 7.77. The summed E-state index contributed by atoms with van der Waals surface area (Å²) in [4.78, 5) is 36.3. The highest BCUT2D eigenvalue weighted by Crippen LogP contribution is 2.26. The number of thioether (sulfide) groups is 1. The highest BCUT2D eigenvalue weighted by atomic mass is 79.9. The van der Waals surface area contributed by atoms with Gasteiger partial charge in [-0.3, -0.25) is 4.79 Å². The summed E-state index contributed by atoms with van der Waals surface area (Å²) in [6.45, 7) is 0. The minimum atomic E-state index is -0.651. The maximum atomic E-state index is 12.5. The van der Waals surface area contributed by atoms with Gasteiger partial charge in [0.05, 0.1) is 36.8 Å². The van der Waals surface area contributed by atoms with Crippen LogP contribution in [0.4, 0.5) is 5.69 Å². The van der Waals surface area contributed by atoms with Crippen LogP contribution in [-0.2, 0) is 21.3 Å². The van der Waals surface area contributed by atoms with Crippen LogP contribution >= 0.6 is 27.7 Å². The van der Waals surface area contributed by atoms with Gasteiger partial charge in [-0.05, 0) is 46.3 Å². The molecule has 0 aliphatic carbocycles. The Labute approximate surface area is 189 Å². The fraction of sp³-hybridized carbons (Fsp3) is 0.211.